The van der Waals surface area contributed by atoms with Gasteiger partial charge in [-0.15, -0.1) is 0 Å². The summed E-state index contributed by atoms with van der Waals surface area (Å²) in [6, 6.07) is 0. The molecule has 1 fully saturated rings. The smallest absolute Gasteiger partial charge is 0.0426 e. The van der Waals surface area contributed by atoms with Crippen LogP contribution in [0.4, 0.5) is 0 Å². The molecule has 1 saturated heterocycles. The Bertz CT molecular complexity index is 150. The Morgan fingerprint density at radius 2 is 2.25 bits per heavy atom. The molecule has 1 aliphatic heterocycles. The maximum atomic E-state index is 4.46. The summed E-state index contributed by atoms with van der Waals surface area (Å²) in [7, 11) is 0. The summed E-state index contributed by atoms with van der Waals surface area (Å²) in [5.74, 6) is 0.781. The van der Waals surface area contributed by atoms with Crippen LogP contribution in [0, 0.1) is 11.3 Å². The molecule has 0 radical (unpaired) electrons. The van der Waals surface area contributed by atoms with Crippen molar-refractivity contribution in [3.05, 3.63) is 0 Å². The van der Waals surface area contributed by atoms with Crippen LogP contribution in [0.1, 0.15) is 27.2 Å². The van der Waals surface area contributed by atoms with Crippen molar-refractivity contribution in [3.8, 4) is 0 Å². The number of nitrogens with one attached hydrogen (secondary N) is 1. The Labute approximate surface area is 75.5 Å². The van der Waals surface area contributed by atoms with Crippen LogP contribution in [-0.4, -0.2) is 25.8 Å². The predicted molar refractivity (Wildman–Crippen MR) is 53.8 cm³/mol. The van der Waals surface area contributed by atoms with Crippen molar-refractivity contribution in [2.45, 2.75) is 27.2 Å². The molecular weight excluding hydrogens is 148 g/mol. The molecule has 1 atom stereocenters. The first-order valence-corrected chi connectivity index (χ1v) is 4.79. The number of hydrogen-bond acceptors (Lipinski definition) is 2. The molecule has 1 rings (SSSR count). The molecule has 0 amide bonds. The third-order valence-electron chi connectivity index (χ3n) is 2.00. The SMILES string of the molecule is CC(C)(C)/C=N/CC1CCNC1. The first-order chi connectivity index (χ1) is 5.58. The van der Waals surface area contributed by atoms with Gasteiger partial charge in [0, 0.05) is 12.8 Å². The second-order valence-corrected chi connectivity index (χ2v) is 4.72. The van der Waals surface area contributed by atoms with Gasteiger partial charge in [-0.25, -0.2) is 0 Å². The van der Waals surface area contributed by atoms with Crippen molar-refractivity contribution in [1.29, 1.82) is 0 Å². The van der Waals surface area contributed by atoms with Crippen LogP contribution in [0.2, 0.25) is 0 Å². The van der Waals surface area contributed by atoms with Gasteiger partial charge in [0.25, 0.3) is 0 Å². The fourth-order valence-corrected chi connectivity index (χ4v) is 1.35. The van der Waals surface area contributed by atoms with E-state index in [1.807, 2.05) is 0 Å². The van der Waals surface area contributed by atoms with Gasteiger partial charge in [-0.1, -0.05) is 20.8 Å². The van der Waals surface area contributed by atoms with Crippen molar-refractivity contribution < 1.29 is 0 Å². The summed E-state index contributed by atoms with van der Waals surface area (Å²) in [6.07, 6.45) is 3.37. The zero-order valence-corrected chi connectivity index (χ0v) is 8.43. The molecule has 0 aromatic heterocycles. The van der Waals surface area contributed by atoms with Gasteiger partial charge in [-0.2, -0.15) is 0 Å². The van der Waals surface area contributed by atoms with E-state index in [2.05, 4.69) is 37.3 Å². The second-order valence-electron chi connectivity index (χ2n) is 4.72. The summed E-state index contributed by atoms with van der Waals surface area (Å²) in [5, 5.41) is 3.35. The van der Waals surface area contributed by atoms with Gasteiger partial charge < -0.3 is 5.32 Å². The van der Waals surface area contributed by atoms with E-state index in [-0.39, 0.29) is 5.41 Å². The van der Waals surface area contributed by atoms with Crippen LogP contribution in [-0.2, 0) is 0 Å². The normalized spacial score (nSPS) is 25.4. The molecule has 1 unspecified atom stereocenters. The van der Waals surface area contributed by atoms with E-state index in [4.69, 9.17) is 0 Å². The van der Waals surface area contributed by atoms with Gasteiger partial charge in [0.05, 0.1) is 0 Å². The molecule has 0 bridgehead atoms. The average Bonchev–Trinajstić information content (AvgIpc) is 2.36. The van der Waals surface area contributed by atoms with E-state index in [1.165, 1.54) is 13.0 Å². The van der Waals surface area contributed by atoms with E-state index in [0.717, 1.165) is 19.0 Å². The molecule has 2 heteroatoms. The lowest BCUT2D eigenvalue weighted by Crippen LogP contribution is -2.12. The van der Waals surface area contributed by atoms with Gasteiger partial charge >= 0.3 is 0 Å². The molecule has 0 saturated carbocycles. The van der Waals surface area contributed by atoms with E-state index < -0.39 is 0 Å². The second kappa shape index (κ2) is 4.04. The largest absolute Gasteiger partial charge is 0.316 e. The van der Waals surface area contributed by atoms with E-state index in [1.54, 1.807) is 0 Å². The molecule has 70 valence electrons. The third-order valence-corrected chi connectivity index (χ3v) is 2.00. The van der Waals surface area contributed by atoms with E-state index >= 15 is 0 Å². The van der Waals surface area contributed by atoms with Crippen molar-refractivity contribution in [2.75, 3.05) is 19.6 Å². The minimum absolute atomic E-state index is 0.242. The molecule has 1 aliphatic rings. The Hall–Kier alpha value is -0.370. The molecule has 0 aliphatic carbocycles. The van der Waals surface area contributed by atoms with E-state index in [0.29, 0.717) is 0 Å². The van der Waals surface area contributed by atoms with Gasteiger partial charge in [-0.05, 0) is 30.8 Å². The molecular formula is C10H20N2. The minimum Gasteiger partial charge on any atom is -0.316 e. The summed E-state index contributed by atoms with van der Waals surface area (Å²) >= 11 is 0. The van der Waals surface area contributed by atoms with Gasteiger partial charge in [0.1, 0.15) is 0 Å². The molecule has 0 aromatic rings. The highest BCUT2D eigenvalue weighted by Crippen LogP contribution is 2.11. The molecule has 12 heavy (non-hydrogen) atoms. The molecule has 0 spiro atoms. The van der Waals surface area contributed by atoms with Crippen LogP contribution >= 0.6 is 0 Å². The van der Waals surface area contributed by atoms with E-state index in [9.17, 15) is 0 Å². The topological polar surface area (TPSA) is 24.4 Å². The Morgan fingerprint density at radius 1 is 1.50 bits per heavy atom. The third kappa shape index (κ3) is 3.86. The fraction of sp³-hybridized carbons (Fsp3) is 0.900. The molecule has 1 heterocycles. The molecule has 1 N–H and O–H groups in total. The predicted octanol–water partition coefficient (Wildman–Crippen LogP) is 1.71. The number of rotatable bonds is 2. The lowest BCUT2D eigenvalue weighted by molar-refractivity contribution is 0.575. The summed E-state index contributed by atoms with van der Waals surface area (Å²) < 4.78 is 0. The maximum absolute atomic E-state index is 4.46. The number of nitrogens with zero attached hydrogens (tertiary/aromatic N) is 1. The first kappa shape index (κ1) is 9.72. The number of hydrogen-bond donors (Lipinski definition) is 1. The van der Waals surface area contributed by atoms with Crippen molar-refractivity contribution in [2.24, 2.45) is 16.3 Å². The zero-order valence-electron chi connectivity index (χ0n) is 8.43. The van der Waals surface area contributed by atoms with Crippen LogP contribution in [0.5, 0.6) is 0 Å². The van der Waals surface area contributed by atoms with Gasteiger partial charge in [0.2, 0.25) is 0 Å². The lowest BCUT2D eigenvalue weighted by atomic mass is 9.99. The lowest BCUT2D eigenvalue weighted by Gasteiger charge is -2.11. The van der Waals surface area contributed by atoms with Crippen LogP contribution in [0.3, 0.4) is 0 Å². The Balaban J connectivity index is 2.20. The summed E-state index contributed by atoms with van der Waals surface area (Å²) in [5.41, 5.74) is 0.242. The van der Waals surface area contributed by atoms with Gasteiger partial charge in [-0.3, -0.25) is 4.99 Å². The summed E-state index contributed by atoms with van der Waals surface area (Å²) in [6.45, 7) is 9.89. The molecule has 0 aromatic carbocycles. The zero-order chi connectivity index (χ0) is 9.03. The monoisotopic (exact) mass is 168 g/mol. The highest BCUT2D eigenvalue weighted by atomic mass is 14.9. The van der Waals surface area contributed by atoms with Crippen molar-refractivity contribution >= 4 is 6.21 Å². The molecule has 2 nitrogen and oxygen atoms in total. The quantitative estimate of drug-likeness (QED) is 0.624. The average molecular weight is 168 g/mol. The van der Waals surface area contributed by atoms with Crippen LogP contribution in [0.15, 0.2) is 4.99 Å². The summed E-state index contributed by atoms with van der Waals surface area (Å²) in [4.78, 5) is 4.46. The van der Waals surface area contributed by atoms with Crippen LogP contribution in [0.25, 0.3) is 0 Å². The maximum Gasteiger partial charge on any atom is 0.0426 e. The highest BCUT2D eigenvalue weighted by molar-refractivity contribution is 5.63. The Kier molecular flexibility index (Phi) is 3.27. The minimum atomic E-state index is 0.242. The van der Waals surface area contributed by atoms with Crippen molar-refractivity contribution in [3.63, 3.8) is 0 Å². The Morgan fingerprint density at radius 3 is 2.75 bits per heavy atom. The fourth-order valence-electron chi connectivity index (χ4n) is 1.35. The van der Waals surface area contributed by atoms with Crippen LogP contribution < -0.4 is 5.32 Å². The highest BCUT2D eigenvalue weighted by Gasteiger charge is 2.13. The number of aliphatic imine (C=N–C) groups is 1. The van der Waals surface area contributed by atoms with Crippen molar-refractivity contribution in [1.82, 2.24) is 5.32 Å². The standard InChI is InChI=1S/C10H20N2/c1-10(2,3)8-12-7-9-4-5-11-6-9/h8-9,11H,4-7H2,1-3H3/b12-8+. The first-order valence-electron chi connectivity index (χ1n) is 4.79. The van der Waals surface area contributed by atoms with Gasteiger partial charge in [0.15, 0.2) is 0 Å².